The summed E-state index contributed by atoms with van der Waals surface area (Å²) in [7, 11) is 0. The molecule has 0 fully saturated rings. The standard InChI is InChI=1S/C34H39N7/c1-4-37-41(40(5-2)6-3)34-30(36)23-29(25-19-21-26(35)22-20-25)32(33(34)38-27-15-8-7-9-16-27)39-31-18-12-14-24-13-10-11-17-28(24)31/h7-23,37-39H,4-6,35-36H2,1-3H3. The summed E-state index contributed by atoms with van der Waals surface area (Å²) in [6.45, 7) is 8.72. The fraction of sp³-hybridized carbons (Fsp3) is 0.176. The minimum absolute atomic E-state index is 0.645. The third-order valence-corrected chi connectivity index (χ3v) is 7.18. The zero-order chi connectivity index (χ0) is 28.8. The van der Waals surface area contributed by atoms with Crippen molar-refractivity contribution in [3.05, 3.63) is 103 Å². The Bertz CT molecular complexity index is 1590. The average Bonchev–Trinajstić information content (AvgIpc) is 3.00. The van der Waals surface area contributed by atoms with Crippen LogP contribution in [0.15, 0.2) is 103 Å². The summed E-state index contributed by atoms with van der Waals surface area (Å²) in [5.74, 6) is 0. The summed E-state index contributed by atoms with van der Waals surface area (Å²) in [5, 5.41) is 14.2. The van der Waals surface area contributed by atoms with Gasteiger partial charge in [-0.05, 0) is 47.3 Å². The molecule has 0 radical (unpaired) electrons. The van der Waals surface area contributed by atoms with Gasteiger partial charge < -0.3 is 22.1 Å². The van der Waals surface area contributed by atoms with Crippen molar-refractivity contribution in [3.8, 4) is 11.1 Å². The van der Waals surface area contributed by atoms with Crippen molar-refractivity contribution in [2.24, 2.45) is 0 Å². The predicted octanol–water partition coefficient (Wildman–Crippen LogP) is 7.75. The highest BCUT2D eigenvalue weighted by molar-refractivity contribution is 6.05. The number of anilines is 7. The first-order valence-corrected chi connectivity index (χ1v) is 14.2. The van der Waals surface area contributed by atoms with Crippen molar-refractivity contribution in [2.75, 3.05) is 46.9 Å². The summed E-state index contributed by atoms with van der Waals surface area (Å²) < 4.78 is 0. The molecule has 0 aromatic heterocycles. The van der Waals surface area contributed by atoms with Crippen molar-refractivity contribution in [1.82, 2.24) is 10.4 Å². The number of para-hydroxylation sites is 1. The highest BCUT2D eigenvalue weighted by Gasteiger charge is 2.26. The van der Waals surface area contributed by atoms with E-state index in [2.05, 4.69) is 108 Å². The van der Waals surface area contributed by atoms with Gasteiger partial charge in [0.05, 0.1) is 17.1 Å². The predicted molar refractivity (Wildman–Crippen MR) is 177 cm³/mol. The highest BCUT2D eigenvalue weighted by atomic mass is 15.8. The van der Waals surface area contributed by atoms with Crippen molar-refractivity contribution >= 4 is 50.6 Å². The Morgan fingerprint density at radius 2 is 1.37 bits per heavy atom. The molecule has 5 rings (SSSR count). The quantitative estimate of drug-likeness (QED) is 0.0856. The molecule has 0 saturated carbocycles. The summed E-state index contributed by atoms with van der Waals surface area (Å²) in [6.07, 6.45) is 0. The normalized spacial score (nSPS) is 11.1. The van der Waals surface area contributed by atoms with Gasteiger partial charge in [0.2, 0.25) is 0 Å². The van der Waals surface area contributed by atoms with Crippen LogP contribution >= 0.6 is 0 Å². The lowest BCUT2D eigenvalue weighted by atomic mass is 9.98. The van der Waals surface area contributed by atoms with E-state index in [4.69, 9.17) is 11.5 Å². The van der Waals surface area contributed by atoms with E-state index < -0.39 is 0 Å². The third-order valence-electron chi connectivity index (χ3n) is 7.18. The molecule has 5 aromatic carbocycles. The molecule has 210 valence electrons. The molecular weight excluding hydrogens is 506 g/mol. The molecule has 0 aliphatic carbocycles. The summed E-state index contributed by atoms with van der Waals surface area (Å²) in [5.41, 5.74) is 24.5. The lowest BCUT2D eigenvalue weighted by molar-refractivity contribution is 0.244. The molecule has 7 heteroatoms. The number of fused-ring (bicyclic) bond motifs is 1. The van der Waals surface area contributed by atoms with E-state index in [1.54, 1.807) is 0 Å². The molecular formula is C34H39N7. The van der Waals surface area contributed by atoms with Gasteiger partial charge in [0, 0.05) is 47.6 Å². The number of benzene rings is 5. The number of nitrogen functional groups attached to an aromatic ring is 2. The van der Waals surface area contributed by atoms with E-state index in [9.17, 15) is 0 Å². The van der Waals surface area contributed by atoms with Gasteiger partial charge >= 0.3 is 0 Å². The first kappa shape index (κ1) is 27.8. The Labute approximate surface area is 242 Å². The van der Waals surface area contributed by atoms with Crippen LogP contribution in [-0.2, 0) is 0 Å². The van der Waals surface area contributed by atoms with Crippen molar-refractivity contribution < 1.29 is 0 Å². The first-order valence-electron chi connectivity index (χ1n) is 14.2. The number of nitrogens with one attached hydrogen (secondary N) is 3. The maximum atomic E-state index is 6.97. The SMILES string of the molecule is CCNN(c1c(N)cc(-c2ccc(N)cc2)c(Nc2cccc3ccccc23)c1Nc1ccccc1)N(CC)CC. The molecule has 0 atom stereocenters. The second-order valence-electron chi connectivity index (χ2n) is 9.84. The van der Waals surface area contributed by atoms with E-state index in [1.165, 1.54) is 0 Å². The van der Waals surface area contributed by atoms with E-state index in [-0.39, 0.29) is 0 Å². The first-order chi connectivity index (χ1) is 20.0. The van der Waals surface area contributed by atoms with E-state index >= 15 is 0 Å². The maximum Gasteiger partial charge on any atom is 0.119 e. The van der Waals surface area contributed by atoms with E-state index in [0.29, 0.717) is 11.4 Å². The Balaban J connectivity index is 1.82. The Morgan fingerprint density at radius 3 is 2.07 bits per heavy atom. The van der Waals surface area contributed by atoms with Crippen molar-refractivity contribution in [1.29, 1.82) is 0 Å². The minimum atomic E-state index is 0.645. The van der Waals surface area contributed by atoms with Crippen LogP contribution in [0.1, 0.15) is 20.8 Å². The van der Waals surface area contributed by atoms with Gasteiger partial charge in [0.25, 0.3) is 0 Å². The Morgan fingerprint density at radius 1 is 0.683 bits per heavy atom. The number of nitrogens with two attached hydrogens (primary N) is 2. The molecule has 0 aliphatic rings. The molecule has 7 N–H and O–H groups in total. The second kappa shape index (κ2) is 12.6. The number of hydrogen-bond acceptors (Lipinski definition) is 7. The lowest BCUT2D eigenvalue weighted by Crippen LogP contribution is -2.51. The molecule has 0 spiro atoms. The fourth-order valence-electron chi connectivity index (χ4n) is 5.18. The third kappa shape index (κ3) is 5.91. The fourth-order valence-corrected chi connectivity index (χ4v) is 5.18. The number of rotatable bonds is 11. The zero-order valence-corrected chi connectivity index (χ0v) is 24.0. The number of hydrazine groups is 2. The molecule has 41 heavy (non-hydrogen) atoms. The Hall–Kier alpha value is -4.72. The van der Waals surface area contributed by atoms with Crippen LogP contribution in [0.5, 0.6) is 0 Å². The molecule has 0 saturated heterocycles. The number of nitrogens with zero attached hydrogens (tertiary/aromatic N) is 2. The van der Waals surface area contributed by atoms with Crippen LogP contribution in [0, 0.1) is 0 Å². The number of hydrogen-bond donors (Lipinski definition) is 5. The molecule has 0 unspecified atom stereocenters. The van der Waals surface area contributed by atoms with Gasteiger partial charge in [-0.15, -0.1) is 0 Å². The smallest absolute Gasteiger partial charge is 0.119 e. The monoisotopic (exact) mass is 545 g/mol. The van der Waals surface area contributed by atoms with Crippen LogP contribution in [0.3, 0.4) is 0 Å². The van der Waals surface area contributed by atoms with E-state index in [0.717, 1.165) is 70.0 Å². The van der Waals surface area contributed by atoms with Gasteiger partial charge in [-0.1, -0.05) is 87.5 Å². The average molecular weight is 546 g/mol. The molecule has 5 aromatic rings. The van der Waals surface area contributed by atoms with Crippen LogP contribution in [-0.4, -0.2) is 24.6 Å². The van der Waals surface area contributed by atoms with E-state index in [1.807, 2.05) is 42.5 Å². The van der Waals surface area contributed by atoms with Gasteiger partial charge in [-0.2, -0.15) is 0 Å². The van der Waals surface area contributed by atoms with Gasteiger partial charge in [-0.25, -0.2) is 15.6 Å². The van der Waals surface area contributed by atoms with Crippen LogP contribution in [0.25, 0.3) is 21.9 Å². The van der Waals surface area contributed by atoms with Gasteiger partial charge in [0.1, 0.15) is 5.69 Å². The molecule has 0 amide bonds. The lowest BCUT2D eigenvalue weighted by Gasteiger charge is -2.38. The summed E-state index contributed by atoms with van der Waals surface area (Å²) in [4.78, 5) is 0. The molecule has 7 nitrogen and oxygen atoms in total. The van der Waals surface area contributed by atoms with Gasteiger partial charge in [-0.3, -0.25) is 0 Å². The topological polar surface area (TPSA) is 94.6 Å². The minimum Gasteiger partial charge on any atom is -0.399 e. The molecule has 0 bridgehead atoms. The largest absolute Gasteiger partial charge is 0.399 e. The van der Waals surface area contributed by atoms with Crippen LogP contribution in [0.4, 0.5) is 39.8 Å². The maximum absolute atomic E-state index is 6.97. The molecule has 0 heterocycles. The zero-order valence-electron chi connectivity index (χ0n) is 24.0. The van der Waals surface area contributed by atoms with Crippen LogP contribution in [0.2, 0.25) is 0 Å². The van der Waals surface area contributed by atoms with Crippen molar-refractivity contribution in [3.63, 3.8) is 0 Å². The van der Waals surface area contributed by atoms with Gasteiger partial charge in [0.15, 0.2) is 0 Å². The van der Waals surface area contributed by atoms with Crippen LogP contribution < -0.4 is 32.6 Å². The summed E-state index contributed by atoms with van der Waals surface area (Å²) in [6, 6.07) is 34.9. The molecule has 0 aliphatic heterocycles. The second-order valence-corrected chi connectivity index (χ2v) is 9.84. The summed E-state index contributed by atoms with van der Waals surface area (Å²) >= 11 is 0. The Kier molecular flexibility index (Phi) is 8.58. The van der Waals surface area contributed by atoms with Crippen molar-refractivity contribution in [2.45, 2.75) is 20.8 Å². The highest BCUT2D eigenvalue weighted by Crippen LogP contribution is 2.48.